The summed E-state index contributed by atoms with van der Waals surface area (Å²) in [7, 11) is 0. The van der Waals surface area contributed by atoms with Gasteiger partial charge in [-0.25, -0.2) is 9.07 Å². The first-order chi connectivity index (χ1) is 12.0. The average Bonchev–Trinajstić information content (AvgIpc) is 3.12. The Morgan fingerprint density at radius 1 is 1.32 bits per heavy atom. The molecule has 0 saturated heterocycles. The fraction of sp³-hybridized carbons (Fsp3) is 0.250. The topological polar surface area (TPSA) is 72.7 Å². The van der Waals surface area contributed by atoms with Crippen molar-refractivity contribution in [3.05, 3.63) is 51.5 Å². The van der Waals surface area contributed by atoms with Gasteiger partial charge in [-0.05, 0) is 37.6 Å². The lowest BCUT2D eigenvalue weighted by Gasteiger charge is -2.03. The van der Waals surface area contributed by atoms with Crippen LogP contribution in [-0.4, -0.2) is 25.9 Å². The molecule has 0 saturated carbocycles. The lowest BCUT2D eigenvalue weighted by molar-refractivity contribution is 0.102. The van der Waals surface area contributed by atoms with Crippen LogP contribution in [-0.2, 0) is 6.42 Å². The van der Waals surface area contributed by atoms with E-state index in [1.54, 1.807) is 6.92 Å². The highest BCUT2D eigenvalue weighted by Crippen LogP contribution is 2.25. The number of amides is 1. The number of aromatic nitrogens is 4. The normalized spacial score (nSPS) is 10.9. The van der Waals surface area contributed by atoms with E-state index in [4.69, 9.17) is 11.6 Å². The summed E-state index contributed by atoms with van der Waals surface area (Å²) >= 11 is 7.66. The number of hydrogen-bond donors (Lipinski definition) is 1. The van der Waals surface area contributed by atoms with Crippen molar-refractivity contribution in [2.24, 2.45) is 0 Å². The Morgan fingerprint density at radius 2 is 2.04 bits per heavy atom. The minimum Gasteiger partial charge on any atom is -0.296 e. The van der Waals surface area contributed by atoms with Crippen molar-refractivity contribution >= 4 is 34.0 Å². The second-order valence-corrected chi connectivity index (χ2v) is 6.76. The number of benzene rings is 1. The smallest absolute Gasteiger partial charge is 0.262 e. The Balaban J connectivity index is 1.86. The van der Waals surface area contributed by atoms with Gasteiger partial charge in [-0.2, -0.15) is 5.10 Å². The molecule has 25 heavy (non-hydrogen) atoms. The molecule has 0 spiro atoms. The molecule has 0 unspecified atom stereocenters. The Kier molecular flexibility index (Phi) is 5.10. The number of carbonyl (C=O) groups is 1. The molecule has 130 valence electrons. The second-order valence-electron chi connectivity index (χ2n) is 5.34. The van der Waals surface area contributed by atoms with Gasteiger partial charge >= 0.3 is 0 Å². The molecule has 1 aromatic carbocycles. The van der Waals surface area contributed by atoms with E-state index in [1.807, 2.05) is 6.92 Å². The van der Waals surface area contributed by atoms with Crippen molar-refractivity contribution in [2.45, 2.75) is 26.7 Å². The molecule has 0 atom stereocenters. The van der Waals surface area contributed by atoms with Gasteiger partial charge in [-0.15, -0.1) is 10.2 Å². The summed E-state index contributed by atoms with van der Waals surface area (Å²) in [5.41, 5.74) is 1.28. The number of nitrogens with one attached hydrogen (secondary N) is 1. The molecule has 2 heterocycles. The van der Waals surface area contributed by atoms with Crippen molar-refractivity contribution in [3.8, 4) is 5.69 Å². The third-order valence-electron chi connectivity index (χ3n) is 3.45. The van der Waals surface area contributed by atoms with E-state index >= 15 is 0 Å². The van der Waals surface area contributed by atoms with Gasteiger partial charge in [-0.3, -0.25) is 10.1 Å². The molecular formula is C16H15ClFN5OS. The van der Waals surface area contributed by atoms with E-state index in [0.717, 1.165) is 17.8 Å². The van der Waals surface area contributed by atoms with Crippen LogP contribution in [0.2, 0.25) is 5.15 Å². The number of rotatable bonds is 5. The molecule has 2 aromatic heterocycles. The first-order valence-corrected chi connectivity index (χ1v) is 8.83. The monoisotopic (exact) mass is 379 g/mol. The molecule has 3 rings (SSSR count). The molecule has 0 fully saturated rings. The van der Waals surface area contributed by atoms with E-state index in [9.17, 15) is 9.18 Å². The molecule has 0 aliphatic heterocycles. The van der Waals surface area contributed by atoms with Crippen LogP contribution in [0.5, 0.6) is 0 Å². The Labute approximate surface area is 152 Å². The number of aryl methyl sites for hydroxylation is 2. The van der Waals surface area contributed by atoms with Crippen molar-refractivity contribution in [3.63, 3.8) is 0 Å². The number of anilines is 1. The van der Waals surface area contributed by atoms with Crippen molar-refractivity contribution in [1.29, 1.82) is 0 Å². The van der Waals surface area contributed by atoms with Gasteiger partial charge < -0.3 is 0 Å². The van der Waals surface area contributed by atoms with Crippen LogP contribution >= 0.6 is 22.9 Å². The van der Waals surface area contributed by atoms with Gasteiger partial charge in [0, 0.05) is 6.42 Å². The number of nitrogens with zero attached hydrogens (tertiary/aromatic N) is 4. The second kappa shape index (κ2) is 7.28. The predicted molar refractivity (Wildman–Crippen MR) is 95.1 cm³/mol. The first-order valence-electron chi connectivity index (χ1n) is 7.64. The van der Waals surface area contributed by atoms with Crippen molar-refractivity contribution < 1.29 is 9.18 Å². The minimum atomic E-state index is -0.407. The van der Waals surface area contributed by atoms with Crippen LogP contribution in [0.15, 0.2) is 24.3 Å². The highest BCUT2D eigenvalue weighted by Gasteiger charge is 2.22. The maximum absolute atomic E-state index is 13.1. The van der Waals surface area contributed by atoms with Crippen LogP contribution < -0.4 is 5.32 Å². The van der Waals surface area contributed by atoms with Gasteiger partial charge in [0.25, 0.3) is 5.91 Å². The summed E-state index contributed by atoms with van der Waals surface area (Å²) in [5.74, 6) is -0.768. The predicted octanol–water partition coefficient (Wildman–Crippen LogP) is 4.03. The zero-order valence-corrected chi connectivity index (χ0v) is 15.2. The summed E-state index contributed by atoms with van der Waals surface area (Å²) in [5, 5.41) is 16.4. The van der Waals surface area contributed by atoms with E-state index in [2.05, 4.69) is 20.6 Å². The summed E-state index contributed by atoms with van der Waals surface area (Å²) in [6.07, 6.45) is 1.77. The standard InChI is InChI=1S/C16H15ClFN5OS/c1-3-4-12-20-21-16(25-12)19-15(24)13-9(2)22-23(14(13)17)11-7-5-10(18)6-8-11/h5-8H,3-4H2,1-2H3,(H,19,21,24). The summed E-state index contributed by atoms with van der Waals surface area (Å²) in [4.78, 5) is 12.6. The molecule has 0 radical (unpaired) electrons. The zero-order valence-electron chi connectivity index (χ0n) is 13.6. The van der Waals surface area contributed by atoms with Gasteiger partial charge in [0.1, 0.15) is 21.5 Å². The molecule has 0 bridgehead atoms. The summed E-state index contributed by atoms with van der Waals surface area (Å²) in [6.45, 7) is 3.73. The van der Waals surface area contributed by atoms with Crippen molar-refractivity contribution in [2.75, 3.05) is 5.32 Å². The third-order valence-corrected chi connectivity index (χ3v) is 4.70. The minimum absolute atomic E-state index is 0.153. The third kappa shape index (κ3) is 3.69. The summed E-state index contributed by atoms with van der Waals surface area (Å²) in [6, 6.07) is 5.69. The Morgan fingerprint density at radius 3 is 2.72 bits per heavy atom. The van der Waals surface area contributed by atoms with Gasteiger partial charge in [0.2, 0.25) is 5.13 Å². The maximum atomic E-state index is 13.1. The molecule has 0 aliphatic rings. The fourth-order valence-electron chi connectivity index (χ4n) is 2.29. The van der Waals surface area contributed by atoms with Crippen LogP contribution in [0.1, 0.15) is 34.4 Å². The highest BCUT2D eigenvalue weighted by molar-refractivity contribution is 7.15. The summed E-state index contributed by atoms with van der Waals surface area (Å²) < 4.78 is 14.5. The average molecular weight is 380 g/mol. The molecule has 6 nitrogen and oxygen atoms in total. The highest BCUT2D eigenvalue weighted by atomic mass is 35.5. The molecule has 0 aliphatic carbocycles. The van der Waals surface area contributed by atoms with Crippen LogP contribution in [0.3, 0.4) is 0 Å². The lowest BCUT2D eigenvalue weighted by Crippen LogP contribution is -2.13. The molecule has 9 heteroatoms. The largest absolute Gasteiger partial charge is 0.296 e. The molecular weight excluding hydrogens is 365 g/mol. The number of halogens is 2. The first kappa shape index (κ1) is 17.5. The van der Waals surface area contributed by atoms with E-state index in [-0.39, 0.29) is 16.5 Å². The lowest BCUT2D eigenvalue weighted by atomic mass is 10.2. The van der Waals surface area contributed by atoms with E-state index in [0.29, 0.717) is 16.5 Å². The van der Waals surface area contributed by atoms with Crippen molar-refractivity contribution in [1.82, 2.24) is 20.0 Å². The molecule has 1 amide bonds. The quantitative estimate of drug-likeness (QED) is 0.726. The maximum Gasteiger partial charge on any atom is 0.262 e. The van der Waals surface area contributed by atoms with E-state index < -0.39 is 5.91 Å². The SMILES string of the molecule is CCCc1nnc(NC(=O)c2c(C)nn(-c3ccc(F)cc3)c2Cl)s1. The van der Waals surface area contributed by atoms with Crippen LogP contribution in [0, 0.1) is 12.7 Å². The Hall–Kier alpha value is -2.32. The fourth-order valence-corrected chi connectivity index (χ4v) is 3.48. The van der Waals surface area contributed by atoms with Crippen LogP contribution in [0.4, 0.5) is 9.52 Å². The zero-order chi connectivity index (χ0) is 18.0. The molecule has 1 N–H and O–H groups in total. The number of carbonyl (C=O) groups excluding carboxylic acids is 1. The van der Waals surface area contributed by atoms with Gasteiger partial charge in [0.15, 0.2) is 0 Å². The number of hydrogen-bond acceptors (Lipinski definition) is 5. The van der Waals surface area contributed by atoms with Gasteiger partial charge in [0.05, 0.1) is 11.4 Å². The van der Waals surface area contributed by atoms with Crippen LogP contribution in [0.25, 0.3) is 5.69 Å². The Bertz CT molecular complexity index is 906. The van der Waals surface area contributed by atoms with E-state index in [1.165, 1.54) is 40.3 Å². The molecule has 3 aromatic rings. The van der Waals surface area contributed by atoms with Gasteiger partial charge in [-0.1, -0.05) is 29.9 Å².